The first kappa shape index (κ1) is 45.7. The van der Waals surface area contributed by atoms with Crippen LogP contribution in [0.25, 0.3) is 0 Å². The van der Waals surface area contributed by atoms with Gasteiger partial charge >= 0.3 is 0 Å². The highest BCUT2D eigenvalue weighted by Gasteiger charge is 2.16. The van der Waals surface area contributed by atoms with Crippen molar-refractivity contribution in [2.75, 3.05) is 18.5 Å². The van der Waals surface area contributed by atoms with Crippen LogP contribution in [0.3, 0.4) is 0 Å². The highest BCUT2D eigenvalue weighted by atomic mass is 16.5. The summed E-state index contributed by atoms with van der Waals surface area (Å²) in [5, 5.41) is 3.00. The van der Waals surface area contributed by atoms with Crippen LogP contribution in [0.5, 0.6) is 5.75 Å². The van der Waals surface area contributed by atoms with Gasteiger partial charge in [0.05, 0.1) is 29.4 Å². The molecule has 5 rings (SSSR count). The Morgan fingerprint density at radius 2 is 1.17 bits per heavy atom. The summed E-state index contributed by atoms with van der Waals surface area (Å²) in [6.07, 6.45) is 12.9. The zero-order valence-corrected chi connectivity index (χ0v) is 35.7. The van der Waals surface area contributed by atoms with Crippen LogP contribution < -0.4 is 15.8 Å². The predicted molar refractivity (Wildman–Crippen MR) is 239 cm³/mol. The van der Waals surface area contributed by atoms with E-state index in [9.17, 15) is 9.59 Å². The molecule has 1 amide bonds. The van der Waals surface area contributed by atoms with E-state index in [1.165, 1.54) is 0 Å². The summed E-state index contributed by atoms with van der Waals surface area (Å²) in [6.45, 7) is 9.04. The molecule has 1 aromatic carbocycles. The number of rotatable bonds is 28. The second kappa shape index (κ2) is 26.0. The quantitative estimate of drug-likeness (QED) is 0.0471. The zero-order valence-electron chi connectivity index (χ0n) is 35.7. The molecule has 0 saturated carbocycles. The molecule has 0 fully saturated rings. The second-order valence-corrected chi connectivity index (χ2v) is 15.6. The van der Waals surface area contributed by atoms with Gasteiger partial charge in [-0.15, -0.1) is 0 Å². The Hall–Kier alpha value is -5.36. The third kappa shape index (κ3) is 17.1. The molecule has 60 heavy (non-hydrogen) atoms. The van der Waals surface area contributed by atoms with Crippen molar-refractivity contribution in [1.82, 2.24) is 29.7 Å². The molecule has 0 radical (unpaired) electrons. The number of anilines is 1. The molecule has 4 aromatic heterocycles. The number of nitrogens with two attached hydrogens (primary N) is 1. The number of nitrogens with zero attached hydrogens (tertiary/aromatic N) is 6. The van der Waals surface area contributed by atoms with E-state index in [2.05, 4.69) is 57.1 Å². The monoisotopic (exact) mass is 813 g/mol. The molecule has 11 heteroatoms. The molecule has 0 aliphatic rings. The maximum absolute atomic E-state index is 12.8. The van der Waals surface area contributed by atoms with Crippen molar-refractivity contribution in [1.29, 1.82) is 0 Å². The smallest absolute Gasteiger partial charge is 0.225 e. The van der Waals surface area contributed by atoms with E-state index in [1.54, 1.807) is 0 Å². The number of hydrogen-bond donors (Lipinski definition) is 2. The van der Waals surface area contributed by atoms with Crippen LogP contribution in [-0.2, 0) is 55.3 Å². The number of amides is 1. The van der Waals surface area contributed by atoms with E-state index in [1.807, 2.05) is 85.2 Å². The average Bonchev–Trinajstić information content (AvgIpc) is 3.23. The Kier molecular flexibility index (Phi) is 19.8. The van der Waals surface area contributed by atoms with Gasteiger partial charge in [0.2, 0.25) is 5.91 Å². The fourth-order valence-electron chi connectivity index (χ4n) is 7.14. The summed E-state index contributed by atoms with van der Waals surface area (Å²) in [5.74, 6) is 1.60. The van der Waals surface area contributed by atoms with E-state index in [0.29, 0.717) is 77.5 Å². The van der Waals surface area contributed by atoms with E-state index >= 15 is 0 Å². The lowest BCUT2D eigenvalue weighted by Crippen LogP contribution is -2.25. The Morgan fingerprint density at radius 1 is 0.600 bits per heavy atom. The fraction of sp³-hybridized carbons (Fsp3) is 0.429. The van der Waals surface area contributed by atoms with Crippen LogP contribution in [0.2, 0.25) is 0 Å². The molecule has 0 aliphatic carbocycles. The molecule has 0 unspecified atom stereocenters. The summed E-state index contributed by atoms with van der Waals surface area (Å²) in [6, 6.07) is 30.3. The molecule has 0 spiro atoms. The van der Waals surface area contributed by atoms with E-state index < -0.39 is 0 Å². The number of Topliss-reactive ketones (excluding diaryl/α,β-unsaturated/α-hetero) is 1. The minimum Gasteiger partial charge on any atom is -0.494 e. The first-order valence-corrected chi connectivity index (χ1v) is 21.8. The van der Waals surface area contributed by atoms with Crippen LogP contribution in [-0.4, -0.2) is 54.6 Å². The van der Waals surface area contributed by atoms with Gasteiger partial charge in [0, 0.05) is 76.6 Å². The van der Waals surface area contributed by atoms with Crippen molar-refractivity contribution in [3.8, 4) is 5.75 Å². The predicted octanol–water partition coefficient (Wildman–Crippen LogP) is 9.00. The van der Waals surface area contributed by atoms with Crippen LogP contribution in [0.15, 0.2) is 103 Å². The molecule has 318 valence electrons. The van der Waals surface area contributed by atoms with Crippen molar-refractivity contribution < 1.29 is 14.3 Å². The van der Waals surface area contributed by atoms with Gasteiger partial charge in [0.1, 0.15) is 17.4 Å². The summed E-state index contributed by atoms with van der Waals surface area (Å²) in [7, 11) is 0. The highest BCUT2D eigenvalue weighted by Crippen LogP contribution is 2.24. The van der Waals surface area contributed by atoms with Crippen LogP contribution in [0.4, 0.5) is 5.82 Å². The maximum atomic E-state index is 12.8. The Balaban J connectivity index is 1.40. The van der Waals surface area contributed by atoms with Crippen LogP contribution >= 0.6 is 0 Å². The number of aromatic nitrogens is 4. The fourth-order valence-corrected chi connectivity index (χ4v) is 7.14. The van der Waals surface area contributed by atoms with Crippen molar-refractivity contribution in [2.24, 2.45) is 5.73 Å². The molecular formula is C49H64N8O3. The van der Waals surface area contributed by atoms with Crippen molar-refractivity contribution in [3.63, 3.8) is 0 Å². The molecular weight excluding hydrogens is 749 g/mol. The maximum Gasteiger partial charge on any atom is 0.225 e. The number of pyridine rings is 4. The first-order valence-electron chi connectivity index (χ1n) is 21.8. The van der Waals surface area contributed by atoms with Gasteiger partial charge in [-0.3, -0.25) is 34.3 Å². The number of unbranched alkanes of at least 4 members (excludes halogenated alkanes) is 5. The number of benzene rings is 1. The average molecular weight is 813 g/mol. The number of ether oxygens (including phenoxy) is 1. The third-order valence-electron chi connectivity index (χ3n) is 10.1. The molecule has 0 atom stereocenters. The number of carbonyl (C=O) groups is 2. The van der Waals surface area contributed by atoms with Crippen molar-refractivity contribution in [2.45, 2.75) is 124 Å². The van der Waals surface area contributed by atoms with E-state index in [-0.39, 0.29) is 11.7 Å². The number of ketones is 1. The standard InChI is InChI=1S/C49H64N8O3/c1-3-5-7-22-46(58)32-41-19-15-20-44(53-41)37-56(35-42-17-9-12-26-51-42)33-39-29-40(31-47(30-39)60-28-14-11-25-50)34-57(36-43-18-10-13-27-52-43)38-45-21-16-23-48(54-45)55-49(59)24-8-6-4-2/h9-10,12-13,15-21,23,26-27,29-31H,3-8,11,14,22,24-25,28,32-38,50H2,1-2H3,(H,54,55,59). The lowest BCUT2D eigenvalue weighted by atomic mass is 10.1. The lowest BCUT2D eigenvalue weighted by Gasteiger charge is -2.25. The normalized spacial score (nSPS) is 11.3. The summed E-state index contributed by atoms with van der Waals surface area (Å²) >= 11 is 0. The number of carbonyl (C=O) groups excluding carboxylic acids is 2. The second-order valence-electron chi connectivity index (χ2n) is 15.6. The van der Waals surface area contributed by atoms with Gasteiger partial charge in [-0.25, -0.2) is 4.98 Å². The van der Waals surface area contributed by atoms with Gasteiger partial charge in [0.15, 0.2) is 0 Å². The SMILES string of the molecule is CCCCCC(=O)Cc1cccc(CN(Cc2cc(CN(Cc3ccccn3)Cc3cccc(NC(=O)CCCCC)n3)cc(OCCCCN)c2)Cc2ccccn2)n1. The van der Waals surface area contributed by atoms with Gasteiger partial charge < -0.3 is 15.8 Å². The number of hydrogen-bond acceptors (Lipinski definition) is 10. The summed E-state index contributed by atoms with van der Waals surface area (Å²) < 4.78 is 6.39. The van der Waals surface area contributed by atoms with Gasteiger partial charge in [0.25, 0.3) is 0 Å². The van der Waals surface area contributed by atoms with Crippen molar-refractivity contribution in [3.05, 3.63) is 143 Å². The first-order chi connectivity index (χ1) is 29.4. The van der Waals surface area contributed by atoms with Crippen LogP contribution in [0, 0.1) is 0 Å². The Bertz CT molecular complexity index is 1880. The van der Waals surface area contributed by atoms with Gasteiger partial charge in [-0.1, -0.05) is 69.9 Å². The molecule has 3 N–H and O–H groups in total. The van der Waals surface area contributed by atoms with Crippen molar-refractivity contribution >= 4 is 17.5 Å². The lowest BCUT2D eigenvalue weighted by molar-refractivity contribution is -0.118. The molecule has 0 aliphatic heterocycles. The summed E-state index contributed by atoms with van der Waals surface area (Å²) in [4.78, 5) is 49.2. The Morgan fingerprint density at radius 3 is 1.77 bits per heavy atom. The molecule has 4 heterocycles. The minimum atomic E-state index is -0.0114. The molecule has 11 nitrogen and oxygen atoms in total. The largest absolute Gasteiger partial charge is 0.494 e. The van der Waals surface area contributed by atoms with Gasteiger partial charge in [-0.05, 0) is 104 Å². The Labute approximate surface area is 357 Å². The third-order valence-corrected chi connectivity index (χ3v) is 10.1. The number of nitrogens with one attached hydrogen (secondary N) is 1. The summed E-state index contributed by atoms with van der Waals surface area (Å²) in [5.41, 5.74) is 12.5. The van der Waals surface area contributed by atoms with Crippen LogP contribution in [0.1, 0.15) is 118 Å². The molecule has 0 saturated heterocycles. The highest BCUT2D eigenvalue weighted by molar-refractivity contribution is 5.89. The van der Waals surface area contributed by atoms with E-state index in [0.717, 1.165) is 96.7 Å². The molecule has 5 aromatic rings. The zero-order chi connectivity index (χ0) is 42.2. The van der Waals surface area contributed by atoms with Gasteiger partial charge in [-0.2, -0.15) is 0 Å². The van der Waals surface area contributed by atoms with E-state index in [4.69, 9.17) is 20.4 Å². The topological polar surface area (TPSA) is 139 Å². The molecule has 0 bridgehead atoms. The minimum absolute atomic E-state index is 0.0114.